The molecule has 2 aromatic heterocycles. The first-order chi connectivity index (χ1) is 11.7. The summed E-state index contributed by atoms with van der Waals surface area (Å²) in [4.78, 5) is 9.01. The van der Waals surface area contributed by atoms with Crippen molar-refractivity contribution in [3.63, 3.8) is 0 Å². The normalized spacial score (nSPS) is 11.2. The minimum Gasteiger partial charge on any atom is -0.382 e. The van der Waals surface area contributed by atoms with E-state index in [4.69, 9.17) is 5.73 Å². The van der Waals surface area contributed by atoms with Gasteiger partial charge in [-0.05, 0) is 48.2 Å². The SMILES string of the molecule is Nc1nc2ccccc2c2cc(CCc3ccc(Br)cc3)cnc12. The number of aryl methyl sites for hydroxylation is 2. The van der Waals surface area contributed by atoms with Crippen LogP contribution in [0.3, 0.4) is 0 Å². The van der Waals surface area contributed by atoms with Crippen molar-refractivity contribution in [1.29, 1.82) is 0 Å². The molecule has 0 fully saturated rings. The summed E-state index contributed by atoms with van der Waals surface area (Å²) in [6, 6.07) is 18.7. The number of hydrogen-bond donors (Lipinski definition) is 1. The summed E-state index contributed by atoms with van der Waals surface area (Å²) in [7, 11) is 0. The highest BCUT2D eigenvalue weighted by molar-refractivity contribution is 9.10. The molecule has 0 saturated heterocycles. The van der Waals surface area contributed by atoms with Crippen molar-refractivity contribution in [3.8, 4) is 0 Å². The Morgan fingerprint density at radius 2 is 1.62 bits per heavy atom. The van der Waals surface area contributed by atoms with E-state index in [0.29, 0.717) is 5.82 Å². The Labute approximate surface area is 148 Å². The number of nitrogens with zero attached hydrogens (tertiary/aromatic N) is 2. The van der Waals surface area contributed by atoms with Gasteiger partial charge in [0.1, 0.15) is 5.52 Å². The summed E-state index contributed by atoms with van der Waals surface area (Å²) in [5.41, 5.74) is 10.3. The van der Waals surface area contributed by atoms with E-state index >= 15 is 0 Å². The molecule has 4 aromatic rings. The fourth-order valence-electron chi connectivity index (χ4n) is 2.98. The molecule has 0 unspecified atom stereocenters. The van der Waals surface area contributed by atoms with Crippen LogP contribution in [0.2, 0.25) is 0 Å². The largest absolute Gasteiger partial charge is 0.382 e. The minimum absolute atomic E-state index is 0.489. The van der Waals surface area contributed by atoms with Crippen LogP contribution in [0.15, 0.2) is 65.3 Å². The van der Waals surface area contributed by atoms with E-state index in [0.717, 1.165) is 39.1 Å². The molecule has 2 N–H and O–H groups in total. The van der Waals surface area contributed by atoms with Gasteiger partial charge in [0.15, 0.2) is 5.82 Å². The number of anilines is 1. The average Bonchev–Trinajstić information content (AvgIpc) is 2.61. The fraction of sp³-hybridized carbons (Fsp3) is 0.100. The first kappa shape index (κ1) is 15.1. The molecule has 0 amide bonds. The first-order valence-corrected chi connectivity index (χ1v) is 8.67. The van der Waals surface area contributed by atoms with Crippen molar-refractivity contribution in [3.05, 3.63) is 76.4 Å². The number of aromatic nitrogens is 2. The number of hydrogen-bond acceptors (Lipinski definition) is 3. The number of pyridine rings is 2. The molecular weight excluding hydrogens is 362 g/mol. The van der Waals surface area contributed by atoms with E-state index < -0.39 is 0 Å². The summed E-state index contributed by atoms with van der Waals surface area (Å²) in [6.45, 7) is 0. The zero-order chi connectivity index (χ0) is 16.5. The van der Waals surface area contributed by atoms with Gasteiger partial charge >= 0.3 is 0 Å². The average molecular weight is 378 g/mol. The van der Waals surface area contributed by atoms with Crippen LogP contribution in [-0.2, 0) is 12.8 Å². The van der Waals surface area contributed by atoms with Gasteiger partial charge in [0.05, 0.1) is 5.52 Å². The summed E-state index contributed by atoms with van der Waals surface area (Å²) < 4.78 is 1.10. The topological polar surface area (TPSA) is 51.8 Å². The van der Waals surface area contributed by atoms with Gasteiger partial charge in [0.25, 0.3) is 0 Å². The third kappa shape index (κ3) is 2.85. The van der Waals surface area contributed by atoms with Crippen LogP contribution in [-0.4, -0.2) is 9.97 Å². The highest BCUT2D eigenvalue weighted by Gasteiger charge is 2.08. The maximum Gasteiger partial charge on any atom is 0.150 e. The predicted octanol–water partition coefficient (Wildman–Crippen LogP) is 4.91. The molecule has 4 heteroatoms. The highest BCUT2D eigenvalue weighted by Crippen LogP contribution is 2.27. The molecule has 0 aliphatic rings. The second kappa shape index (κ2) is 6.21. The number of para-hydroxylation sites is 1. The molecule has 0 spiro atoms. The lowest BCUT2D eigenvalue weighted by Gasteiger charge is -2.08. The molecule has 0 atom stereocenters. The molecule has 0 bridgehead atoms. The summed E-state index contributed by atoms with van der Waals surface area (Å²) in [6.07, 6.45) is 3.84. The van der Waals surface area contributed by atoms with Gasteiger partial charge in [-0.15, -0.1) is 0 Å². The van der Waals surface area contributed by atoms with Gasteiger partial charge in [0.2, 0.25) is 0 Å². The van der Waals surface area contributed by atoms with Crippen molar-refractivity contribution in [2.45, 2.75) is 12.8 Å². The number of nitrogen functional groups attached to an aromatic ring is 1. The van der Waals surface area contributed by atoms with Crippen LogP contribution in [0.25, 0.3) is 21.8 Å². The van der Waals surface area contributed by atoms with E-state index in [2.05, 4.69) is 62.3 Å². The van der Waals surface area contributed by atoms with Crippen molar-refractivity contribution < 1.29 is 0 Å². The fourth-order valence-corrected chi connectivity index (χ4v) is 3.24. The number of rotatable bonds is 3. The Morgan fingerprint density at radius 1 is 0.875 bits per heavy atom. The van der Waals surface area contributed by atoms with Crippen LogP contribution in [0.5, 0.6) is 0 Å². The molecule has 0 aliphatic carbocycles. The second-order valence-corrected chi connectivity index (χ2v) is 6.80. The number of fused-ring (bicyclic) bond motifs is 3. The van der Waals surface area contributed by atoms with Crippen LogP contribution < -0.4 is 5.73 Å². The van der Waals surface area contributed by atoms with Crippen molar-refractivity contribution >= 4 is 43.6 Å². The predicted molar refractivity (Wildman–Crippen MR) is 103 cm³/mol. The van der Waals surface area contributed by atoms with Crippen molar-refractivity contribution in [1.82, 2.24) is 9.97 Å². The van der Waals surface area contributed by atoms with Gasteiger partial charge in [0, 0.05) is 21.4 Å². The second-order valence-electron chi connectivity index (χ2n) is 5.88. The molecule has 0 saturated carbocycles. The maximum atomic E-state index is 6.07. The lowest BCUT2D eigenvalue weighted by atomic mass is 10.0. The maximum absolute atomic E-state index is 6.07. The van der Waals surface area contributed by atoms with Crippen molar-refractivity contribution in [2.75, 3.05) is 5.73 Å². The van der Waals surface area contributed by atoms with Crippen LogP contribution in [0.1, 0.15) is 11.1 Å². The Balaban J connectivity index is 1.72. The molecule has 0 aliphatic heterocycles. The third-order valence-corrected chi connectivity index (χ3v) is 4.77. The number of nitrogens with two attached hydrogens (primary N) is 1. The lowest BCUT2D eigenvalue weighted by Crippen LogP contribution is -1.98. The van der Waals surface area contributed by atoms with Crippen LogP contribution in [0.4, 0.5) is 5.82 Å². The highest BCUT2D eigenvalue weighted by atomic mass is 79.9. The Kier molecular flexibility index (Phi) is 3.90. The molecule has 118 valence electrons. The lowest BCUT2D eigenvalue weighted by molar-refractivity contribution is 0.954. The minimum atomic E-state index is 0.489. The van der Waals surface area contributed by atoms with E-state index in [-0.39, 0.29) is 0 Å². The van der Waals surface area contributed by atoms with Gasteiger partial charge in [-0.3, -0.25) is 4.98 Å². The Hall–Kier alpha value is -2.46. The van der Waals surface area contributed by atoms with Gasteiger partial charge < -0.3 is 5.73 Å². The first-order valence-electron chi connectivity index (χ1n) is 7.88. The molecule has 2 heterocycles. The Morgan fingerprint density at radius 3 is 2.46 bits per heavy atom. The van der Waals surface area contributed by atoms with Crippen LogP contribution >= 0.6 is 15.9 Å². The van der Waals surface area contributed by atoms with E-state index in [1.807, 2.05) is 24.4 Å². The van der Waals surface area contributed by atoms with E-state index in [9.17, 15) is 0 Å². The Bertz CT molecular complexity index is 1030. The van der Waals surface area contributed by atoms with Crippen LogP contribution in [0, 0.1) is 0 Å². The summed E-state index contributed by atoms with van der Waals surface area (Å²) in [5.74, 6) is 0.489. The molecular formula is C20H16BrN3. The van der Waals surface area contributed by atoms with Gasteiger partial charge in [-0.1, -0.05) is 46.3 Å². The van der Waals surface area contributed by atoms with E-state index in [1.165, 1.54) is 11.1 Å². The molecule has 2 aromatic carbocycles. The molecule has 24 heavy (non-hydrogen) atoms. The van der Waals surface area contributed by atoms with E-state index in [1.54, 1.807) is 0 Å². The number of benzene rings is 2. The summed E-state index contributed by atoms with van der Waals surface area (Å²) >= 11 is 3.47. The molecule has 3 nitrogen and oxygen atoms in total. The zero-order valence-electron chi connectivity index (χ0n) is 13.0. The third-order valence-electron chi connectivity index (χ3n) is 4.24. The number of halogens is 1. The quantitative estimate of drug-likeness (QED) is 0.515. The standard InChI is InChI=1S/C20H16BrN3/c21-15-9-7-13(8-10-15)5-6-14-11-17-16-3-1-2-4-18(16)24-20(22)19(17)23-12-14/h1-4,7-12H,5-6H2,(H2,22,24). The smallest absolute Gasteiger partial charge is 0.150 e. The molecule has 0 radical (unpaired) electrons. The molecule has 4 rings (SSSR count). The summed E-state index contributed by atoms with van der Waals surface area (Å²) in [5, 5.41) is 2.17. The zero-order valence-corrected chi connectivity index (χ0v) is 14.6. The monoisotopic (exact) mass is 377 g/mol. The van der Waals surface area contributed by atoms with Gasteiger partial charge in [-0.25, -0.2) is 4.98 Å². The van der Waals surface area contributed by atoms with Gasteiger partial charge in [-0.2, -0.15) is 0 Å². The van der Waals surface area contributed by atoms with Crippen molar-refractivity contribution in [2.24, 2.45) is 0 Å².